The second-order valence-electron chi connectivity index (χ2n) is 12.2. The second kappa shape index (κ2) is 18.3. The Morgan fingerprint density at radius 3 is 2.47 bits per heavy atom. The molecule has 0 saturated carbocycles. The van der Waals surface area contributed by atoms with Gasteiger partial charge in [0, 0.05) is 19.6 Å². The Labute approximate surface area is 274 Å². The van der Waals surface area contributed by atoms with E-state index in [9.17, 15) is 14.4 Å². The third-order valence-corrected chi connectivity index (χ3v) is 8.50. The lowest BCUT2D eigenvalue weighted by Crippen LogP contribution is -2.42. The van der Waals surface area contributed by atoms with Crippen molar-refractivity contribution in [1.82, 2.24) is 35.1 Å². The molecule has 0 radical (unpaired) electrons. The number of carbonyl (C=O) groups excluding carboxylic acids is 2. The van der Waals surface area contributed by atoms with Gasteiger partial charge in [-0.05, 0) is 75.1 Å². The van der Waals surface area contributed by atoms with Crippen molar-refractivity contribution in [3.8, 4) is 6.01 Å². The van der Waals surface area contributed by atoms with Gasteiger partial charge in [0.05, 0.1) is 19.2 Å². The maximum atomic E-state index is 12.7. The van der Waals surface area contributed by atoms with E-state index >= 15 is 0 Å². The summed E-state index contributed by atoms with van der Waals surface area (Å²) >= 11 is 0. The molecule has 1 fully saturated rings. The van der Waals surface area contributed by atoms with E-state index in [0.29, 0.717) is 49.7 Å². The fourth-order valence-electron chi connectivity index (χ4n) is 5.68. The van der Waals surface area contributed by atoms with E-state index in [-0.39, 0.29) is 35.9 Å². The zero-order chi connectivity index (χ0) is 33.6. The number of anilines is 1. The molecule has 3 heterocycles. The number of nitrogens with one attached hydrogen (secondary N) is 3. The van der Waals surface area contributed by atoms with Crippen LogP contribution in [-0.2, 0) is 27.5 Å². The minimum absolute atomic E-state index is 0.125. The van der Waals surface area contributed by atoms with Gasteiger partial charge in [-0.15, -0.1) is 0 Å². The van der Waals surface area contributed by atoms with Crippen LogP contribution in [0.5, 0.6) is 6.01 Å². The van der Waals surface area contributed by atoms with Crippen molar-refractivity contribution < 1.29 is 19.2 Å². The Morgan fingerprint density at radius 2 is 1.77 bits per heavy atom. The molecule has 2 amide bonds. The van der Waals surface area contributed by atoms with Crippen LogP contribution in [0.25, 0.3) is 11.2 Å². The van der Waals surface area contributed by atoms with Crippen LogP contribution in [0.15, 0.2) is 29.1 Å². The monoisotopic (exact) mass is 654 g/mol. The number of nitrogens with two attached hydrogens (primary N) is 3. The number of imidazole rings is 1. The fourth-order valence-corrected chi connectivity index (χ4v) is 5.68. The fraction of sp³-hybridized carbons (Fsp3) is 0.594. The van der Waals surface area contributed by atoms with Gasteiger partial charge in [0.2, 0.25) is 11.8 Å². The van der Waals surface area contributed by atoms with Crippen molar-refractivity contribution in [3.05, 3.63) is 45.9 Å². The molecule has 0 bridgehead atoms. The number of hydrogen-bond acceptors (Lipinski definition) is 11. The van der Waals surface area contributed by atoms with Crippen molar-refractivity contribution >= 4 is 28.8 Å². The van der Waals surface area contributed by atoms with Gasteiger partial charge in [-0.1, -0.05) is 37.6 Å². The molecule has 2 aromatic heterocycles. The molecule has 15 nitrogen and oxygen atoms in total. The van der Waals surface area contributed by atoms with Gasteiger partial charge in [0.15, 0.2) is 11.5 Å². The number of nitrogens with zero attached hydrogens (tertiary/aromatic N) is 4. The number of amides is 2. The molecule has 1 saturated heterocycles. The highest BCUT2D eigenvalue weighted by molar-refractivity contribution is 5.82. The first-order valence-electron chi connectivity index (χ1n) is 16.6. The van der Waals surface area contributed by atoms with E-state index in [1.165, 1.54) is 5.56 Å². The average Bonchev–Trinajstić information content (AvgIpc) is 3.37. The molecule has 258 valence electrons. The van der Waals surface area contributed by atoms with Crippen molar-refractivity contribution in [1.29, 1.82) is 0 Å². The number of piperidine rings is 1. The highest BCUT2D eigenvalue weighted by atomic mass is 16.6. The Morgan fingerprint density at radius 1 is 1.04 bits per heavy atom. The van der Waals surface area contributed by atoms with Crippen molar-refractivity contribution in [2.45, 2.75) is 77.4 Å². The summed E-state index contributed by atoms with van der Waals surface area (Å²) in [6.07, 6.45) is 7.00. The number of likely N-dealkylation sites (tertiary alicyclic amines) is 1. The molecular weight excluding hydrogens is 604 g/mol. The van der Waals surface area contributed by atoms with E-state index in [0.717, 1.165) is 70.1 Å². The number of carbonyl (C=O) groups is 2. The SMILES string of the molecule is CCCCOc1nc(N)c2[nH]c(=O)n(Cc3ccc(CN4CCC(CCNC(=O)C(N)CCCCNC(=O)CON)CC4)cc3)c2n1. The zero-order valence-electron chi connectivity index (χ0n) is 27.3. The normalized spacial score (nSPS) is 14.7. The standard InChI is InChI=1S/C32H50N10O5/c1-2-3-18-46-31-39-28(34)27-29(40-31)42(32(45)38-27)20-24-9-7-23(8-10-24)19-41-16-12-22(13-17-41)11-15-37-30(44)25(33)6-4-5-14-36-26(43)21-47-35/h7-10,22,25H,2-6,11-21,33,35H2,1H3,(H,36,43)(H,37,44)(H,38,45)(H2,34,39,40). The third-order valence-electron chi connectivity index (χ3n) is 8.50. The highest BCUT2D eigenvalue weighted by Crippen LogP contribution is 2.22. The molecule has 0 spiro atoms. The van der Waals surface area contributed by atoms with Crippen LogP contribution in [0.1, 0.15) is 69.4 Å². The number of nitrogen functional groups attached to an aromatic ring is 1. The molecular formula is C32H50N10O5. The number of unbranched alkanes of at least 4 members (excludes halogenated alkanes) is 2. The Bertz CT molecular complexity index is 1480. The molecule has 1 aromatic carbocycles. The second-order valence-corrected chi connectivity index (χ2v) is 12.2. The van der Waals surface area contributed by atoms with Gasteiger partial charge in [0.25, 0.3) is 0 Å². The summed E-state index contributed by atoms with van der Waals surface area (Å²) in [5.41, 5.74) is 14.9. The predicted molar refractivity (Wildman–Crippen MR) is 179 cm³/mol. The van der Waals surface area contributed by atoms with Gasteiger partial charge < -0.3 is 31.8 Å². The van der Waals surface area contributed by atoms with Crippen molar-refractivity contribution in [2.24, 2.45) is 17.5 Å². The average molecular weight is 655 g/mol. The number of benzene rings is 1. The van der Waals surface area contributed by atoms with Gasteiger partial charge in [0.1, 0.15) is 12.1 Å². The topological polar surface area (TPSA) is 222 Å². The third kappa shape index (κ3) is 11.0. The van der Waals surface area contributed by atoms with E-state index in [4.69, 9.17) is 22.1 Å². The molecule has 9 N–H and O–H groups in total. The summed E-state index contributed by atoms with van der Waals surface area (Å²) in [4.78, 5) is 54.6. The summed E-state index contributed by atoms with van der Waals surface area (Å²) in [6, 6.07) is 7.92. The number of aromatic amines is 1. The van der Waals surface area contributed by atoms with Crippen LogP contribution >= 0.6 is 0 Å². The summed E-state index contributed by atoms with van der Waals surface area (Å²) in [5, 5.41) is 5.67. The van der Waals surface area contributed by atoms with Crippen LogP contribution in [-0.4, -0.2) is 81.7 Å². The van der Waals surface area contributed by atoms with E-state index < -0.39 is 6.04 Å². The largest absolute Gasteiger partial charge is 0.463 e. The van der Waals surface area contributed by atoms with E-state index in [1.807, 2.05) is 12.1 Å². The number of H-pyrrole nitrogens is 1. The van der Waals surface area contributed by atoms with Crippen LogP contribution in [0.3, 0.4) is 0 Å². The molecule has 1 aliphatic rings. The van der Waals surface area contributed by atoms with Crippen molar-refractivity contribution in [2.75, 3.05) is 45.1 Å². The quantitative estimate of drug-likeness (QED) is 0.0795. The van der Waals surface area contributed by atoms with Gasteiger partial charge in [-0.25, -0.2) is 10.7 Å². The van der Waals surface area contributed by atoms with Gasteiger partial charge in [-0.2, -0.15) is 9.97 Å². The Hall–Kier alpha value is -4.05. The van der Waals surface area contributed by atoms with Gasteiger partial charge in [-0.3, -0.25) is 23.9 Å². The van der Waals surface area contributed by atoms with Crippen LogP contribution in [0.2, 0.25) is 0 Å². The molecule has 4 rings (SSSR count). The number of fused-ring (bicyclic) bond motifs is 1. The predicted octanol–water partition coefficient (Wildman–Crippen LogP) is 1.15. The molecule has 1 atom stereocenters. The lowest BCUT2D eigenvalue weighted by Gasteiger charge is -2.32. The molecule has 1 unspecified atom stereocenters. The first-order valence-corrected chi connectivity index (χ1v) is 16.6. The Balaban J connectivity index is 1.15. The molecule has 3 aromatic rings. The summed E-state index contributed by atoms with van der Waals surface area (Å²) in [6.45, 7) is 6.73. The summed E-state index contributed by atoms with van der Waals surface area (Å²) in [7, 11) is 0. The number of rotatable bonds is 19. The highest BCUT2D eigenvalue weighted by Gasteiger charge is 2.20. The van der Waals surface area contributed by atoms with Crippen molar-refractivity contribution in [3.63, 3.8) is 0 Å². The minimum Gasteiger partial charge on any atom is -0.463 e. The first-order chi connectivity index (χ1) is 22.8. The molecule has 1 aliphatic heterocycles. The van der Waals surface area contributed by atoms with E-state index in [1.54, 1.807) is 4.57 Å². The van der Waals surface area contributed by atoms with E-state index in [2.05, 4.69) is 54.4 Å². The number of ether oxygens (including phenoxy) is 1. The lowest BCUT2D eigenvalue weighted by molar-refractivity contribution is -0.126. The molecule has 47 heavy (non-hydrogen) atoms. The zero-order valence-corrected chi connectivity index (χ0v) is 27.3. The van der Waals surface area contributed by atoms with Crippen LogP contribution < -0.4 is 38.4 Å². The first kappa shape index (κ1) is 35.8. The minimum atomic E-state index is -0.551. The maximum Gasteiger partial charge on any atom is 0.328 e. The number of hydrogen-bond donors (Lipinski definition) is 6. The molecule has 15 heteroatoms. The van der Waals surface area contributed by atoms with Crippen LogP contribution in [0, 0.1) is 5.92 Å². The Kier molecular flexibility index (Phi) is 14.0. The summed E-state index contributed by atoms with van der Waals surface area (Å²) < 4.78 is 7.20. The van der Waals surface area contributed by atoms with Gasteiger partial charge >= 0.3 is 11.7 Å². The maximum absolute atomic E-state index is 12.7. The molecule has 0 aliphatic carbocycles. The van der Waals surface area contributed by atoms with Crippen LogP contribution in [0.4, 0.5) is 5.82 Å². The summed E-state index contributed by atoms with van der Waals surface area (Å²) in [5.74, 6) is 5.23. The number of aromatic nitrogens is 4. The lowest BCUT2D eigenvalue weighted by atomic mass is 9.93. The smallest absolute Gasteiger partial charge is 0.328 e.